The minimum absolute atomic E-state index is 0.377. The predicted molar refractivity (Wildman–Crippen MR) is 76.9 cm³/mol. The van der Waals surface area contributed by atoms with Crippen LogP contribution in [0, 0.1) is 0 Å². The Bertz CT molecular complexity index is 614. The molecule has 0 aliphatic carbocycles. The molecule has 0 unspecified atom stereocenters. The summed E-state index contributed by atoms with van der Waals surface area (Å²) in [5.74, 6) is -0.447. The predicted octanol–water partition coefficient (Wildman–Crippen LogP) is 3.45. The standard InChI is InChI=1S/C14H13ClN2O2/c1-19-14(18)12-8-10(16)5-6-13(12)17-11-4-2-3-9(15)7-11/h2-8,17H,16H2,1H3. The van der Waals surface area contributed by atoms with Gasteiger partial charge in [-0.3, -0.25) is 0 Å². The Morgan fingerprint density at radius 1 is 1.26 bits per heavy atom. The molecule has 4 nitrogen and oxygen atoms in total. The van der Waals surface area contributed by atoms with Crippen molar-refractivity contribution in [2.75, 3.05) is 18.2 Å². The molecule has 0 bridgehead atoms. The molecule has 0 aromatic heterocycles. The van der Waals surface area contributed by atoms with Gasteiger partial charge < -0.3 is 15.8 Å². The number of nitrogens with one attached hydrogen (secondary N) is 1. The van der Waals surface area contributed by atoms with Gasteiger partial charge in [0.1, 0.15) is 0 Å². The number of anilines is 3. The first kappa shape index (κ1) is 13.2. The van der Waals surface area contributed by atoms with Crippen LogP contribution in [-0.4, -0.2) is 13.1 Å². The number of methoxy groups -OCH3 is 1. The quantitative estimate of drug-likeness (QED) is 0.666. The lowest BCUT2D eigenvalue weighted by atomic mass is 10.1. The van der Waals surface area contributed by atoms with Gasteiger partial charge in [-0.2, -0.15) is 0 Å². The number of nitrogen functional groups attached to an aromatic ring is 1. The highest BCUT2D eigenvalue weighted by Gasteiger charge is 2.12. The van der Waals surface area contributed by atoms with Crippen molar-refractivity contribution < 1.29 is 9.53 Å². The highest BCUT2D eigenvalue weighted by atomic mass is 35.5. The normalized spacial score (nSPS) is 10.0. The van der Waals surface area contributed by atoms with E-state index in [1.807, 2.05) is 12.1 Å². The Morgan fingerprint density at radius 2 is 2.05 bits per heavy atom. The summed E-state index contributed by atoms with van der Waals surface area (Å²) in [7, 11) is 1.33. The number of carbonyl (C=O) groups excluding carboxylic acids is 1. The zero-order valence-corrected chi connectivity index (χ0v) is 11.1. The molecule has 0 atom stereocenters. The lowest BCUT2D eigenvalue weighted by Crippen LogP contribution is -2.06. The zero-order valence-electron chi connectivity index (χ0n) is 10.3. The summed E-state index contributed by atoms with van der Waals surface area (Å²) in [5, 5.41) is 3.73. The Balaban J connectivity index is 2.37. The fourth-order valence-corrected chi connectivity index (χ4v) is 1.86. The van der Waals surface area contributed by atoms with E-state index in [1.54, 1.807) is 30.3 Å². The van der Waals surface area contributed by atoms with Crippen LogP contribution in [0.4, 0.5) is 17.1 Å². The van der Waals surface area contributed by atoms with Gasteiger partial charge in [0.05, 0.1) is 18.4 Å². The van der Waals surface area contributed by atoms with E-state index in [1.165, 1.54) is 7.11 Å². The summed E-state index contributed by atoms with van der Waals surface area (Å²) in [6.45, 7) is 0. The van der Waals surface area contributed by atoms with Crippen LogP contribution in [0.2, 0.25) is 5.02 Å². The van der Waals surface area contributed by atoms with Crippen LogP contribution in [-0.2, 0) is 4.74 Å². The van der Waals surface area contributed by atoms with Gasteiger partial charge in [0.2, 0.25) is 0 Å². The summed E-state index contributed by atoms with van der Waals surface area (Å²) in [6, 6.07) is 12.2. The van der Waals surface area contributed by atoms with E-state index in [0.29, 0.717) is 22.0 Å². The summed E-state index contributed by atoms with van der Waals surface area (Å²) in [6.07, 6.45) is 0. The highest BCUT2D eigenvalue weighted by Crippen LogP contribution is 2.25. The van der Waals surface area contributed by atoms with Crippen molar-refractivity contribution in [1.82, 2.24) is 0 Å². The third kappa shape index (κ3) is 3.17. The van der Waals surface area contributed by atoms with Crippen molar-refractivity contribution >= 4 is 34.6 Å². The minimum Gasteiger partial charge on any atom is -0.465 e. The van der Waals surface area contributed by atoms with Crippen molar-refractivity contribution in [2.45, 2.75) is 0 Å². The van der Waals surface area contributed by atoms with Gasteiger partial charge in [-0.05, 0) is 36.4 Å². The second-order valence-corrected chi connectivity index (χ2v) is 4.37. The molecule has 0 amide bonds. The van der Waals surface area contributed by atoms with E-state index >= 15 is 0 Å². The first-order chi connectivity index (χ1) is 9.10. The number of carbonyl (C=O) groups is 1. The van der Waals surface area contributed by atoms with E-state index < -0.39 is 5.97 Å². The third-order valence-corrected chi connectivity index (χ3v) is 2.79. The molecule has 0 saturated heterocycles. The highest BCUT2D eigenvalue weighted by molar-refractivity contribution is 6.30. The Hall–Kier alpha value is -2.20. The molecule has 2 aromatic carbocycles. The molecular formula is C14H13ClN2O2. The molecule has 0 aliphatic heterocycles. The van der Waals surface area contributed by atoms with Crippen LogP contribution in [0.3, 0.4) is 0 Å². The van der Waals surface area contributed by atoms with Gasteiger partial charge in [0.15, 0.2) is 0 Å². The lowest BCUT2D eigenvalue weighted by molar-refractivity contribution is 0.0602. The number of halogens is 1. The molecular weight excluding hydrogens is 264 g/mol. The van der Waals surface area contributed by atoms with Crippen LogP contribution in [0.5, 0.6) is 0 Å². The number of ether oxygens (including phenoxy) is 1. The summed E-state index contributed by atoms with van der Waals surface area (Å²) >= 11 is 5.91. The molecule has 0 radical (unpaired) electrons. The van der Waals surface area contributed by atoms with Crippen LogP contribution >= 0.6 is 11.6 Å². The second-order valence-electron chi connectivity index (χ2n) is 3.93. The van der Waals surface area contributed by atoms with Crippen LogP contribution in [0.15, 0.2) is 42.5 Å². The molecule has 19 heavy (non-hydrogen) atoms. The monoisotopic (exact) mass is 276 g/mol. The third-order valence-electron chi connectivity index (χ3n) is 2.55. The van der Waals surface area contributed by atoms with Gasteiger partial charge in [0, 0.05) is 16.4 Å². The molecule has 0 saturated carbocycles. The average molecular weight is 277 g/mol. The van der Waals surface area contributed by atoms with E-state index in [0.717, 1.165) is 5.69 Å². The molecule has 0 spiro atoms. The zero-order chi connectivity index (χ0) is 13.8. The summed E-state index contributed by atoms with van der Waals surface area (Å²) in [4.78, 5) is 11.7. The van der Waals surface area contributed by atoms with Gasteiger partial charge in [0.25, 0.3) is 0 Å². The van der Waals surface area contributed by atoms with Crippen LogP contribution in [0.25, 0.3) is 0 Å². The van der Waals surface area contributed by atoms with E-state index in [9.17, 15) is 4.79 Å². The number of hydrogen-bond acceptors (Lipinski definition) is 4. The lowest BCUT2D eigenvalue weighted by Gasteiger charge is -2.11. The molecule has 2 aromatic rings. The number of rotatable bonds is 3. The molecule has 98 valence electrons. The van der Waals surface area contributed by atoms with E-state index in [-0.39, 0.29) is 0 Å². The maximum Gasteiger partial charge on any atom is 0.340 e. The van der Waals surface area contributed by atoms with Gasteiger partial charge >= 0.3 is 5.97 Å². The van der Waals surface area contributed by atoms with Gasteiger partial charge in [-0.25, -0.2) is 4.79 Å². The van der Waals surface area contributed by atoms with E-state index in [2.05, 4.69) is 5.32 Å². The molecule has 0 heterocycles. The molecule has 3 N–H and O–H groups in total. The van der Waals surface area contributed by atoms with Gasteiger partial charge in [-0.15, -0.1) is 0 Å². The van der Waals surface area contributed by atoms with Crippen molar-refractivity contribution in [1.29, 1.82) is 0 Å². The van der Waals surface area contributed by atoms with E-state index in [4.69, 9.17) is 22.1 Å². The fraction of sp³-hybridized carbons (Fsp3) is 0.0714. The topological polar surface area (TPSA) is 64.3 Å². The Labute approximate surface area is 116 Å². The Morgan fingerprint density at radius 3 is 2.74 bits per heavy atom. The average Bonchev–Trinajstić information content (AvgIpc) is 2.40. The van der Waals surface area contributed by atoms with Crippen molar-refractivity contribution in [3.63, 3.8) is 0 Å². The van der Waals surface area contributed by atoms with Crippen LogP contribution in [0.1, 0.15) is 10.4 Å². The molecule has 5 heteroatoms. The molecule has 0 aliphatic rings. The Kier molecular flexibility index (Phi) is 3.92. The maximum absolute atomic E-state index is 11.7. The number of nitrogens with two attached hydrogens (primary N) is 1. The number of benzene rings is 2. The first-order valence-electron chi connectivity index (χ1n) is 5.60. The van der Waals surface area contributed by atoms with Gasteiger partial charge in [-0.1, -0.05) is 17.7 Å². The van der Waals surface area contributed by atoms with Crippen molar-refractivity contribution in [3.8, 4) is 0 Å². The smallest absolute Gasteiger partial charge is 0.340 e. The van der Waals surface area contributed by atoms with Crippen LogP contribution < -0.4 is 11.1 Å². The molecule has 2 rings (SSSR count). The summed E-state index contributed by atoms with van der Waals surface area (Å²) < 4.78 is 4.73. The van der Waals surface area contributed by atoms with Crippen molar-refractivity contribution in [2.24, 2.45) is 0 Å². The fourth-order valence-electron chi connectivity index (χ4n) is 1.67. The largest absolute Gasteiger partial charge is 0.465 e. The SMILES string of the molecule is COC(=O)c1cc(N)ccc1Nc1cccc(Cl)c1. The minimum atomic E-state index is -0.447. The summed E-state index contributed by atoms with van der Waals surface area (Å²) in [5.41, 5.74) is 7.95. The second kappa shape index (κ2) is 5.63. The van der Waals surface area contributed by atoms with Crippen molar-refractivity contribution in [3.05, 3.63) is 53.1 Å². The first-order valence-corrected chi connectivity index (χ1v) is 5.98. The number of esters is 1. The maximum atomic E-state index is 11.7. The number of hydrogen-bond donors (Lipinski definition) is 2. The molecule has 0 fully saturated rings.